The van der Waals surface area contributed by atoms with Gasteiger partial charge < -0.3 is 4.74 Å². The van der Waals surface area contributed by atoms with Gasteiger partial charge in [0, 0.05) is 10.0 Å². The molecule has 0 fully saturated rings. The molecule has 4 heteroatoms. The Morgan fingerprint density at radius 1 is 0.941 bits per heavy atom. The minimum absolute atomic E-state index is 0.330. The molecule has 0 radical (unpaired) electrons. The van der Waals surface area contributed by atoms with Crippen LogP contribution in [0, 0.1) is 0 Å². The Bertz CT molecular complexity index is 518. The maximum absolute atomic E-state index is 11.7. The van der Waals surface area contributed by atoms with Crippen molar-refractivity contribution in [1.82, 2.24) is 0 Å². The molecule has 2 aromatic carbocycles. The lowest BCUT2D eigenvalue weighted by Crippen LogP contribution is -2.07. The number of carbonyl (C=O) groups is 1. The third kappa shape index (κ3) is 3.22. The highest BCUT2D eigenvalue weighted by Gasteiger charge is 2.08. The van der Waals surface area contributed by atoms with E-state index in [-0.39, 0.29) is 0 Å². The normalized spacial score (nSPS) is 10.0. The second-order valence-corrected chi connectivity index (χ2v) is 4.23. The monoisotopic (exact) mass is 266 g/mol. The van der Waals surface area contributed by atoms with E-state index in [1.54, 1.807) is 30.3 Å². The van der Waals surface area contributed by atoms with Crippen LogP contribution in [0.1, 0.15) is 10.4 Å². The molecule has 0 heterocycles. The predicted molar refractivity (Wildman–Crippen MR) is 67.9 cm³/mol. The molecule has 0 saturated heterocycles. The number of halogens is 2. The van der Waals surface area contributed by atoms with Crippen molar-refractivity contribution in [2.75, 3.05) is 0 Å². The highest BCUT2D eigenvalue weighted by molar-refractivity contribution is 6.34. The zero-order chi connectivity index (χ0) is 12.3. The number of ether oxygens (including phenoxy) is 1. The summed E-state index contributed by atoms with van der Waals surface area (Å²) in [5.74, 6) is -0.111. The Hall–Kier alpha value is -1.51. The molecular formula is C13H8Cl2O2. The molecule has 17 heavy (non-hydrogen) atoms. The van der Waals surface area contributed by atoms with Crippen LogP contribution in [0.4, 0.5) is 0 Å². The fraction of sp³-hybridized carbons (Fsp3) is 0. The summed E-state index contributed by atoms with van der Waals surface area (Å²) in [6, 6.07) is 13.4. The second kappa shape index (κ2) is 5.21. The minimum Gasteiger partial charge on any atom is -0.423 e. The topological polar surface area (TPSA) is 26.3 Å². The maximum atomic E-state index is 11.7. The van der Waals surface area contributed by atoms with Gasteiger partial charge in [0.2, 0.25) is 0 Å². The van der Waals surface area contributed by atoms with Crippen molar-refractivity contribution in [2.24, 2.45) is 0 Å². The van der Waals surface area contributed by atoms with Gasteiger partial charge >= 0.3 is 5.97 Å². The van der Waals surface area contributed by atoms with Crippen LogP contribution < -0.4 is 4.74 Å². The van der Waals surface area contributed by atoms with Crippen LogP contribution in [0.3, 0.4) is 0 Å². The first-order chi connectivity index (χ1) is 8.15. The molecule has 0 bridgehead atoms. The summed E-state index contributed by atoms with van der Waals surface area (Å²) in [5, 5.41) is 0.849. The molecule has 2 rings (SSSR count). The summed E-state index contributed by atoms with van der Waals surface area (Å²) < 4.78 is 5.15. The van der Waals surface area contributed by atoms with Crippen LogP contribution in [0.15, 0.2) is 48.5 Å². The van der Waals surface area contributed by atoms with E-state index < -0.39 is 5.97 Å². The number of rotatable bonds is 2. The van der Waals surface area contributed by atoms with Crippen LogP contribution in [-0.2, 0) is 0 Å². The van der Waals surface area contributed by atoms with Crippen LogP contribution in [0.25, 0.3) is 0 Å². The standard InChI is InChI=1S/C13H8Cl2O2/c14-10-6-11(15)8-12(7-10)17-13(16)9-4-2-1-3-5-9/h1-8H. The zero-order valence-electron chi connectivity index (χ0n) is 8.69. The van der Waals surface area contributed by atoms with Crippen molar-refractivity contribution in [2.45, 2.75) is 0 Å². The van der Waals surface area contributed by atoms with Crippen LogP contribution in [0.5, 0.6) is 5.75 Å². The summed E-state index contributed by atoms with van der Waals surface area (Å²) in [6.45, 7) is 0. The van der Waals surface area contributed by atoms with Crippen LogP contribution in [-0.4, -0.2) is 5.97 Å². The van der Waals surface area contributed by atoms with Crippen LogP contribution in [0.2, 0.25) is 10.0 Å². The SMILES string of the molecule is O=C(Oc1cc(Cl)cc(Cl)c1)c1ccccc1. The molecule has 0 N–H and O–H groups in total. The second-order valence-electron chi connectivity index (χ2n) is 3.36. The number of hydrogen-bond donors (Lipinski definition) is 0. The lowest BCUT2D eigenvalue weighted by atomic mass is 10.2. The van der Waals surface area contributed by atoms with Crippen molar-refractivity contribution in [3.8, 4) is 5.75 Å². The molecule has 2 nitrogen and oxygen atoms in total. The molecule has 0 atom stereocenters. The summed E-state index contributed by atoms with van der Waals surface area (Å²) in [7, 11) is 0. The van der Waals surface area contributed by atoms with Gasteiger partial charge in [-0.1, -0.05) is 41.4 Å². The lowest BCUT2D eigenvalue weighted by molar-refractivity contribution is 0.0735. The Morgan fingerprint density at radius 2 is 1.53 bits per heavy atom. The van der Waals surface area contributed by atoms with E-state index in [1.165, 1.54) is 12.1 Å². The van der Waals surface area contributed by atoms with Gasteiger partial charge in [0.25, 0.3) is 0 Å². The van der Waals surface area contributed by atoms with Gasteiger partial charge in [0.1, 0.15) is 5.75 Å². The number of esters is 1. The molecule has 0 saturated carbocycles. The smallest absolute Gasteiger partial charge is 0.343 e. The molecule has 0 amide bonds. The molecule has 0 aliphatic rings. The highest BCUT2D eigenvalue weighted by Crippen LogP contribution is 2.24. The average Bonchev–Trinajstić information content (AvgIpc) is 2.28. The predicted octanol–water partition coefficient (Wildman–Crippen LogP) is 4.21. The molecule has 0 aromatic heterocycles. The molecule has 86 valence electrons. The fourth-order valence-corrected chi connectivity index (χ4v) is 1.83. The first-order valence-corrected chi connectivity index (χ1v) is 5.64. The summed E-state index contributed by atoms with van der Waals surface area (Å²) in [5.41, 5.74) is 0.476. The fourth-order valence-electron chi connectivity index (χ4n) is 1.33. The first kappa shape index (κ1) is 12.0. The third-order valence-electron chi connectivity index (χ3n) is 2.06. The Morgan fingerprint density at radius 3 is 2.12 bits per heavy atom. The van der Waals surface area contributed by atoms with E-state index in [0.717, 1.165) is 0 Å². The third-order valence-corrected chi connectivity index (χ3v) is 2.49. The summed E-state index contributed by atoms with van der Waals surface area (Å²) in [4.78, 5) is 11.7. The van der Waals surface area contributed by atoms with E-state index in [1.807, 2.05) is 6.07 Å². The van der Waals surface area contributed by atoms with Gasteiger partial charge in [-0.3, -0.25) is 0 Å². The Kier molecular flexibility index (Phi) is 3.67. The quantitative estimate of drug-likeness (QED) is 0.601. The number of benzene rings is 2. The molecule has 0 spiro atoms. The van der Waals surface area contributed by atoms with Crippen molar-refractivity contribution in [3.63, 3.8) is 0 Å². The van der Waals surface area contributed by atoms with E-state index in [0.29, 0.717) is 21.4 Å². The Balaban J connectivity index is 2.19. The molecular weight excluding hydrogens is 259 g/mol. The Labute approximate surface area is 109 Å². The van der Waals surface area contributed by atoms with E-state index >= 15 is 0 Å². The highest BCUT2D eigenvalue weighted by atomic mass is 35.5. The van der Waals surface area contributed by atoms with Gasteiger partial charge in [-0.2, -0.15) is 0 Å². The van der Waals surface area contributed by atoms with E-state index in [4.69, 9.17) is 27.9 Å². The van der Waals surface area contributed by atoms with Gasteiger partial charge in [-0.05, 0) is 30.3 Å². The zero-order valence-corrected chi connectivity index (χ0v) is 10.2. The van der Waals surface area contributed by atoms with Gasteiger partial charge in [-0.25, -0.2) is 4.79 Å². The lowest BCUT2D eigenvalue weighted by Gasteiger charge is -2.05. The van der Waals surface area contributed by atoms with Crippen LogP contribution >= 0.6 is 23.2 Å². The van der Waals surface area contributed by atoms with E-state index in [2.05, 4.69) is 0 Å². The largest absolute Gasteiger partial charge is 0.423 e. The van der Waals surface area contributed by atoms with Gasteiger partial charge in [0.15, 0.2) is 0 Å². The maximum Gasteiger partial charge on any atom is 0.343 e. The van der Waals surface area contributed by atoms with Crippen molar-refractivity contribution >= 4 is 29.2 Å². The van der Waals surface area contributed by atoms with E-state index in [9.17, 15) is 4.79 Å². The number of hydrogen-bond acceptors (Lipinski definition) is 2. The molecule has 2 aromatic rings. The molecule has 0 aliphatic carbocycles. The minimum atomic E-state index is -0.441. The molecule has 0 unspecified atom stereocenters. The summed E-state index contributed by atoms with van der Waals surface area (Å²) in [6.07, 6.45) is 0. The summed E-state index contributed by atoms with van der Waals surface area (Å²) >= 11 is 11.6. The van der Waals surface area contributed by atoms with Crippen molar-refractivity contribution in [1.29, 1.82) is 0 Å². The van der Waals surface area contributed by atoms with Gasteiger partial charge in [0.05, 0.1) is 5.56 Å². The average molecular weight is 267 g/mol. The van der Waals surface area contributed by atoms with Gasteiger partial charge in [-0.15, -0.1) is 0 Å². The number of carbonyl (C=O) groups excluding carboxylic acids is 1. The van der Waals surface area contributed by atoms with Crippen molar-refractivity contribution < 1.29 is 9.53 Å². The first-order valence-electron chi connectivity index (χ1n) is 4.88. The van der Waals surface area contributed by atoms with Crippen molar-refractivity contribution in [3.05, 3.63) is 64.1 Å². The molecule has 0 aliphatic heterocycles.